The molecule has 0 saturated carbocycles. The van der Waals surface area contributed by atoms with E-state index in [4.69, 9.17) is 28.9 Å². The minimum Gasteiger partial charge on any atom is -0.396 e. The predicted octanol–water partition coefficient (Wildman–Crippen LogP) is 3.82. The van der Waals surface area contributed by atoms with Gasteiger partial charge >= 0.3 is 0 Å². The van der Waals surface area contributed by atoms with Crippen LogP contribution >= 0.6 is 23.2 Å². The molecule has 0 aliphatic rings. The minimum absolute atomic E-state index is 0.0791. The number of hydrogen-bond acceptors (Lipinski definition) is 3. The van der Waals surface area contributed by atoms with Crippen molar-refractivity contribution < 1.29 is 12.8 Å². The highest BCUT2D eigenvalue weighted by Gasteiger charge is 2.20. The molecular formula is C13H11Cl2FN2O2S. The normalized spacial score (nSPS) is 11.4. The number of anilines is 2. The number of nitrogen functional groups attached to an aromatic ring is 1. The van der Waals surface area contributed by atoms with Gasteiger partial charge in [-0.25, -0.2) is 12.8 Å². The molecule has 0 aliphatic heterocycles. The predicted molar refractivity (Wildman–Crippen MR) is 82.8 cm³/mol. The van der Waals surface area contributed by atoms with Gasteiger partial charge in [-0.2, -0.15) is 0 Å². The first-order chi connectivity index (χ1) is 9.72. The lowest BCUT2D eigenvalue weighted by atomic mass is 10.2. The Hall–Kier alpha value is -1.50. The van der Waals surface area contributed by atoms with Gasteiger partial charge < -0.3 is 5.73 Å². The van der Waals surface area contributed by atoms with Gasteiger partial charge in [0.1, 0.15) is 5.82 Å². The molecule has 0 aromatic heterocycles. The Labute approximate surface area is 131 Å². The molecule has 2 rings (SSSR count). The number of halogens is 3. The number of sulfonamides is 1. The molecule has 8 heteroatoms. The lowest BCUT2D eigenvalue weighted by molar-refractivity contribution is 0.599. The van der Waals surface area contributed by atoms with Crippen molar-refractivity contribution in [1.29, 1.82) is 0 Å². The van der Waals surface area contributed by atoms with E-state index in [-0.39, 0.29) is 31.9 Å². The summed E-state index contributed by atoms with van der Waals surface area (Å²) in [6.07, 6.45) is 0. The Balaban J connectivity index is 2.48. The number of aryl methyl sites for hydroxylation is 1. The van der Waals surface area contributed by atoms with Gasteiger partial charge in [0.05, 0.1) is 26.3 Å². The quantitative estimate of drug-likeness (QED) is 0.828. The molecule has 0 amide bonds. The first kappa shape index (κ1) is 15.9. The topological polar surface area (TPSA) is 72.2 Å². The van der Waals surface area contributed by atoms with Crippen LogP contribution in [-0.4, -0.2) is 8.42 Å². The second kappa shape index (κ2) is 5.71. The minimum atomic E-state index is -3.96. The highest BCUT2D eigenvalue weighted by molar-refractivity contribution is 7.92. The molecule has 0 atom stereocenters. The Morgan fingerprint density at radius 2 is 1.90 bits per heavy atom. The third kappa shape index (κ3) is 3.23. The van der Waals surface area contributed by atoms with Crippen molar-refractivity contribution >= 4 is 44.6 Å². The van der Waals surface area contributed by atoms with Crippen LogP contribution in [0.5, 0.6) is 0 Å². The Morgan fingerprint density at radius 3 is 2.57 bits per heavy atom. The number of hydrogen-bond donors (Lipinski definition) is 2. The third-order valence-corrected chi connectivity index (χ3v) is 5.11. The highest BCUT2D eigenvalue weighted by atomic mass is 35.5. The van der Waals surface area contributed by atoms with Gasteiger partial charge in [0.15, 0.2) is 0 Å². The highest BCUT2D eigenvalue weighted by Crippen LogP contribution is 2.32. The lowest BCUT2D eigenvalue weighted by Crippen LogP contribution is -2.15. The summed E-state index contributed by atoms with van der Waals surface area (Å²) in [5.41, 5.74) is 5.53. The van der Waals surface area contributed by atoms with Crippen LogP contribution in [0.1, 0.15) is 5.56 Å². The molecule has 0 fully saturated rings. The van der Waals surface area contributed by atoms with E-state index in [1.807, 2.05) is 0 Å². The Bertz CT molecular complexity index is 810. The zero-order chi connectivity index (χ0) is 15.8. The molecular weight excluding hydrogens is 338 g/mol. The van der Waals surface area contributed by atoms with Crippen molar-refractivity contribution in [3.8, 4) is 0 Å². The van der Waals surface area contributed by atoms with E-state index >= 15 is 0 Å². The summed E-state index contributed by atoms with van der Waals surface area (Å²) in [4.78, 5) is -0.127. The maximum Gasteiger partial charge on any atom is 0.262 e. The molecule has 112 valence electrons. The molecule has 2 aromatic rings. The van der Waals surface area contributed by atoms with E-state index in [0.29, 0.717) is 0 Å². The van der Waals surface area contributed by atoms with E-state index in [0.717, 1.165) is 12.1 Å². The summed E-state index contributed by atoms with van der Waals surface area (Å²) >= 11 is 11.8. The smallest absolute Gasteiger partial charge is 0.262 e. The van der Waals surface area contributed by atoms with E-state index in [2.05, 4.69) is 4.72 Å². The van der Waals surface area contributed by atoms with E-state index in [9.17, 15) is 12.8 Å². The maximum atomic E-state index is 13.3. The van der Waals surface area contributed by atoms with E-state index in [1.165, 1.54) is 19.1 Å². The molecule has 0 heterocycles. The van der Waals surface area contributed by atoms with E-state index < -0.39 is 15.8 Å². The van der Waals surface area contributed by atoms with Gasteiger partial charge in [-0.05, 0) is 36.8 Å². The van der Waals surface area contributed by atoms with Crippen LogP contribution in [0, 0.1) is 12.7 Å². The zero-order valence-corrected chi connectivity index (χ0v) is 13.2. The van der Waals surface area contributed by atoms with Crippen molar-refractivity contribution in [1.82, 2.24) is 0 Å². The van der Waals surface area contributed by atoms with Crippen LogP contribution in [0.2, 0.25) is 10.0 Å². The molecule has 0 spiro atoms. The number of rotatable bonds is 3. The Kier molecular flexibility index (Phi) is 4.32. The second-order valence-electron chi connectivity index (χ2n) is 4.35. The van der Waals surface area contributed by atoms with Crippen molar-refractivity contribution in [3.63, 3.8) is 0 Å². The molecule has 0 unspecified atom stereocenters. The fraction of sp³-hybridized carbons (Fsp3) is 0.0769. The summed E-state index contributed by atoms with van der Waals surface area (Å²) in [6.45, 7) is 1.47. The van der Waals surface area contributed by atoms with Gasteiger partial charge in [-0.3, -0.25) is 4.72 Å². The molecule has 0 saturated heterocycles. The van der Waals surface area contributed by atoms with Crippen LogP contribution in [0.25, 0.3) is 0 Å². The van der Waals surface area contributed by atoms with Crippen molar-refractivity contribution in [2.24, 2.45) is 0 Å². The molecule has 0 aliphatic carbocycles. The molecule has 4 nitrogen and oxygen atoms in total. The SMILES string of the molecule is Cc1cc(F)c(N)cc1S(=O)(=O)Nc1cccc(Cl)c1Cl. The summed E-state index contributed by atoms with van der Waals surface area (Å²) in [6, 6.07) is 6.67. The monoisotopic (exact) mass is 348 g/mol. The second-order valence-corrected chi connectivity index (χ2v) is 6.78. The molecule has 3 N–H and O–H groups in total. The lowest BCUT2D eigenvalue weighted by Gasteiger charge is -2.13. The summed E-state index contributed by atoms with van der Waals surface area (Å²) in [5.74, 6) is -0.674. The van der Waals surface area contributed by atoms with Crippen LogP contribution < -0.4 is 10.5 Å². The largest absolute Gasteiger partial charge is 0.396 e. The van der Waals surface area contributed by atoms with Crippen LogP contribution in [-0.2, 0) is 10.0 Å². The van der Waals surface area contributed by atoms with Crippen LogP contribution in [0.4, 0.5) is 15.8 Å². The Morgan fingerprint density at radius 1 is 1.24 bits per heavy atom. The standard InChI is InChI=1S/C13H11Cl2FN2O2S/c1-7-5-9(16)10(17)6-12(7)21(19,20)18-11-4-2-3-8(14)13(11)15/h2-6,18H,17H2,1H3. The zero-order valence-electron chi connectivity index (χ0n) is 10.8. The van der Waals surface area contributed by atoms with Gasteiger partial charge in [-0.1, -0.05) is 29.3 Å². The third-order valence-electron chi connectivity index (χ3n) is 2.78. The van der Waals surface area contributed by atoms with Gasteiger partial charge in [-0.15, -0.1) is 0 Å². The molecule has 0 radical (unpaired) electrons. The van der Waals surface area contributed by atoms with Crippen LogP contribution in [0.3, 0.4) is 0 Å². The van der Waals surface area contributed by atoms with Crippen molar-refractivity contribution in [2.75, 3.05) is 10.5 Å². The van der Waals surface area contributed by atoms with Crippen molar-refractivity contribution in [2.45, 2.75) is 11.8 Å². The first-order valence-corrected chi connectivity index (χ1v) is 7.99. The summed E-state index contributed by atoms with van der Waals surface area (Å²) < 4.78 is 40.3. The van der Waals surface area contributed by atoms with Gasteiger partial charge in [0.25, 0.3) is 10.0 Å². The maximum absolute atomic E-state index is 13.3. The molecule has 0 bridgehead atoms. The van der Waals surface area contributed by atoms with Crippen LogP contribution in [0.15, 0.2) is 35.2 Å². The van der Waals surface area contributed by atoms with Gasteiger partial charge in [0, 0.05) is 0 Å². The molecule has 2 aromatic carbocycles. The van der Waals surface area contributed by atoms with Crippen molar-refractivity contribution in [3.05, 3.63) is 51.8 Å². The molecule has 21 heavy (non-hydrogen) atoms. The fourth-order valence-electron chi connectivity index (χ4n) is 1.74. The average Bonchev–Trinajstić information content (AvgIpc) is 2.39. The summed E-state index contributed by atoms with van der Waals surface area (Å²) in [7, 11) is -3.96. The first-order valence-electron chi connectivity index (χ1n) is 5.75. The fourth-order valence-corrected chi connectivity index (χ4v) is 3.48. The van der Waals surface area contributed by atoms with E-state index in [1.54, 1.807) is 6.07 Å². The average molecular weight is 349 g/mol. The number of benzene rings is 2. The number of nitrogens with one attached hydrogen (secondary N) is 1. The summed E-state index contributed by atoms with van der Waals surface area (Å²) in [5, 5.41) is 0.294. The number of nitrogens with two attached hydrogens (primary N) is 1. The van der Waals surface area contributed by atoms with Gasteiger partial charge in [0.2, 0.25) is 0 Å².